The maximum Gasteiger partial charge on any atom is 0.263 e. The highest BCUT2D eigenvalue weighted by Gasteiger charge is 2.15. The second-order valence-corrected chi connectivity index (χ2v) is 7.71. The number of para-hydroxylation sites is 1. The summed E-state index contributed by atoms with van der Waals surface area (Å²) in [7, 11) is -3.82. The standard InChI is InChI=1S/C19H18ClN3O4S/c20-17-3-1-2-4-18(17)27-14-5-7-16(8-6-14)28(24,25)23-19-13-15(9-11-22-19)26-12-10-21/h1-9,11,13H,10,12,21H2,(H,22,23). The van der Waals surface area contributed by atoms with Gasteiger partial charge in [0.15, 0.2) is 0 Å². The lowest BCUT2D eigenvalue weighted by molar-refractivity contribution is 0.328. The Kier molecular flexibility index (Phi) is 6.35. The highest BCUT2D eigenvalue weighted by atomic mass is 35.5. The van der Waals surface area contributed by atoms with Gasteiger partial charge in [-0.1, -0.05) is 23.7 Å². The van der Waals surface area contributed by atoms with E-state index in [2.05, 4.69) is 9.71 Å². The van der Waals surface area contributed by atoms with E-state index >= 15 is 0 Å². The Hall–Kier alpha value is -2.81. The first-order valence-corrected chi connectivity index (χ1v) is 10.2. The number of sulfonamides is 1. The molecule has 7 nitrogen and oxygen atoms in total. The molecule has 9 heteroatoms. The topological polar surface area (TPSA) is 104 Å². The monoisotopic (exact) mass is 419 g/mol. The highest BCUT2D eigenvalue weighted by molar-refractivity contribution is 7.92. The maximum absolute atomic E-state index is 12.6. The fraction of sp³-hybridized carbons (Fsp3) is 0.105. The van der Waals surface area contributed by atoms with Crippen molar-refractivity contribution < 1.29 is 17.9 Å². The molecule has 0 bridgehead atoms. The van der Waals surface area contributed by atoms with E-state index in [0.29, 0.717) is 35.4 Å². The van der Waals surface area contributed by atoms with Crippen molar-refractivity contribution in [2.45, 2.75) is 4.90 Å². The number of hydrogen-bond acceptors (Lipinski definition) is 6. The Balaban J connectivity index is 1.73. The SMILES string of the molecule is NCCOc1ccnc(NS(=O)(=O)c2ccc(Oc3ccccc3Cl)cc2)c1. The molecule has 0 spiro atoms. The Morgan fingerprint density at radius 2 is 1.79 bits per heavy atom. The molecule has 0 aliphatic heterocycles. The summed E-state index contributed by atoms with van der Waals surface area (Å²) in [6.07, 6.45) is 1.45. The van der Waals surface area contributed by atoms with E-state index in [1.807, 2.05) is 0 Å². The molecule has 28 heavy (non-hydrogen) atoms. The number of nitrogens with two attached hydrogens (primary N) is 1. The lowest BCUT2D eigenvalue weighted by Crippen LogP contribution is -2.14. The summed E-state index contributed by atoms with van der Waals surface area (Å²) in [5.41, 5.74) is 5.39. The first kappa shape index (κ1) is 19.9. The van der Waals surface area contributed by atoms with Gasteiger partial charge in [-0.3, -0.25) is 4.72 Å². The van der Waals surface area contributed by atoms with E-state index in [0.717, 1.165) is 0 Å². The summed E-state index contributed by atoms with van der Waals surface area (Å²) in [4.78, 5) is 4.06. The Bertz CT molecular complexity index is 1040. The van der Waals surface area contributed by atoms with Crippen LogP contribution in [0.15, 0.2) is 71.8 Å². The zero-order valence-corrected chi connectivity index (χ0v) is 16.3. The fourth-order valence-corrected chi connectivity index (χ4v) is 3.44. The highest BCUT2D eigenvalue weighted by Crippen LogP contribution is 2.29. The normalized spacial score (nSPS) is 11.1. The molecule has 0 fully saturated rings. The summed E-state index contributed by atoms with van der Waals surface area (Å²) in [6.45, 7) is 0.676. The van der Waals surface area contributed by atoms with Crippen LogP contribution in [0.1, 0.15) is 0 Å². The average molecular weight is 420 g/mol. The van der Waals surface area contributed by atoms with Crippen LogP contribution in [-0.2, 0) is 10.0 Å². The molecular formula is C19H18ClN3O4S. The number of nitrogens with zero attached hydrogens (tertiary/aromatic N) is 1. The molecule has 0 amide bonds. The molecule has 0 radical (unpaired) electrons. The molecule has 2 aromatic carbocycles. The van der Waals surface area contributed by atoms with Crippen LogP contribution in [-0.4, -0.2) is 26.6 Å². The zero-order chi connectivity index (χ0) is 20.0. The first-order valence-electron chi connectivity index (χ1n) is 8.32. The van der Waals surface area contributed by atoms with Gasteiger partial charge >= 0.3 is 0 Å². The summed E-state index contributed by atoms with van der Waals surface area (Å²) in [5.74, 6) is 1.56. The van der Waals surface area contributed by atoms with Gasteiger partial charge in [-0.05, 0) is 42.5 Å². The van der Waals surface area contributed by atoms with Crippen molar-refractivity contribution in [1.82, 2.24) is 4.98 Å². The molecule has 3 aromatic rings. The van der Waals surface area contributed by atoms with Gasteiger partial charge in [0.2, 0.25) is 0 Å². The molecule has 1 aromatic heterocycles. The molecule has 3 rings (SSSR count). The predicted molar refractivity (Wildman–Crippen MR) is 108 cm³/mol. The zero-order valence-electron chi connectivity index (χ0n) is 14.7. The molecule has 1 heterocycles. The van der Waals surface area contributed by atoms with Crippen LogP contribution in [0.4, 0.5) is 5.82 Å². The molecule has 0 unspecified atom stereocenters. The minimum atomic E-state index is -3.82. The van der Waals surface area contributed by atoms with Gasteiger partial charge < -0.3 is 15.2 Å². The summed E-state index contributed by atoms with van der Waals surface area (Å²) in [6, 6.07) is 16.1. The van der Waals surface area contributed by atoms with E-state index in [4.69, 9.17) is 26.8 Å². The van der Waals surface area contributed by atoms with Crippen molar-refractivity contribution in [2.75, 3.05) is 17.9 Å². The van der Waals surface area contributed by atoms with Crippen LogP contribution in [0, 0.1) is 0 Å². The van der Waals surface area contributed by atoms with Crippen LogP contribution in [0.2, 0.25) is 5.02 Å². The number of hydrogen-bond donors (Lipinski definition) is 2. The van der Waals surface area contributed by atoms with Gasteiger partial charge in [-0.25, -0.2) is 13.4 Å². The van der Waals surface area contributed by atoms with Crippen LogP contribution >= 0.6 is 11.6 Å². The molecule has 0 aliphatic carbocycles. The fourth-order valence-electron chi connectivity index (χ4n) is 2.27. The second kappa shape index (κ2) is 8.92. The number of rotatable bonds is 8. The minimum Gasteiger partial charge on any atom is -0.492 e. The summed E-state index contributed by atoms with van der Waals surface area (Å²) >= 11 is 6.06. The number of anilines is 1. The first-order chi connectivity index (χ1) is 13.5. The van der Waals surface area contributed by atoms with E-state index in [1.54, 1.807) is 42.5 Å². The van der Waals surface area contributed by atoms with Crippen LogP contribution < -0.4 is 19.9 Å². The van der Waals surface area contributed by atoms with Gasteiger partial charge in [0.1, 0.15) is 29.7 Å². The summed E-state index contributed by atoms with van der Waals surface area (Å²) in [5, 5.41) is 0.462. The van der Waals surface area contributed by atoms with E-state index < -0.39 is 10.0 Å². The van der Waals surface area contributed by atoms with Gasteiger partial charge in [0.05, 0.1) is 9.92 Å². The number of benzene rings is 2. The number of nitrogens with one attached hydrogen (secondary N) is 1. The lowest BCUT2D eigenvalue weighted by atomic mass is 10.3. The van der Waals surface area contributed by atoms with Gasteiger partial charge in [0, 0.05) is 18.8 Å². The summed E-state index contributed by atoms with van der Waals surface area (Å²) < 4.78 is 38.6. The number of halogens is 1. The molecule has 0 saturated carbocycles. The Morgan fingerprint density at radius 1 is 1.04 bits per heavy atom. The molecule has 0 aliphatic rings. The third kappa shape index (κ3) is 5.13. The van der Waals surface area contributed by atoms with Gasteiger partial charge in [-0.2, -0.15) is 0 Å². The van der Waals surface area contributed by atoms with Crippen molar-refractivity contribution in [1.29, 1.82) is 0 Å². The van der Waals surface area contributed by atoms with Crippen molar-refractivity contribution in [2.24, 2.45) is 5.73 Å². The van der Waals surface area contributed by atoms with Crippen LogP contribution in [0.25, 0.3) is 0 Å². The Morgan fingerprint density at radius 3 is 2.50 bits per heavy atom. The molecule has 146 valence electrons. The van der Waals surface area contributed by atoms with Gasteiger partial charge in [-0.15, -0.1) is 0 Å². The second-order valence-electron chi connectivity index (χ2n) is 5.62. The molecular weight excluding hydrogens is 402 g/mol. The van der Waals surface area contributed by atoms with Gasteiger partial charge in [0.25, 0.3) is 10.0 Å². The van der Waals surface area contributed by atoms with Crippen molar-refractivity contribution in [3.8, 4) is 17.2 Å². The van der Waals surface area contributed by atoms with Crippen molar-refractivity contribution in [3.63, 3.8) is 0 Å². The number of pyridine rings is 1. The minimum absolute atomic E-state index is 0.0640. The largest absolute Gasteiger partial charge is 0.492 e. The predicted octanol–water partition coefficient (Wildman–Crippen LogP) is 3.67. The van der Waals surface area contributed by atoms with Crippen molar-refractivity contribution >= 4 is 27.4 Å². The molecule has 0 atom stereocenters. The van der Waals surface area contributed by atoms with Crippen LogP contribution in [0.3, 0.4) is 0 Å². The third-order valence-corrected chi connectivity index (χ3v) is 5.24. The smallest absolute Gasteiger partial charge is 0.263 e. The maximum atomic E-state index is 12.6. The number of ether oxygens (including phenoxy) is 2. The molecule has 0 saturated heterocycles. The lowest BCUT2D eigenvalue weighted by Gasteiger charge is -2.11. The Labute approximate surface area is 168 Å². The van der Waals surface area contributed by atoms with E-state index in [9.17, 15) is 8.42 Å². The number of aromatic nitrogens is 1. The van der Waals surface area contributed by atoms with E-state index in [-0.39, 0.29) is 10.7 Å². The van der Waals surface area contributed by atoms with Crippen LogP contribution in [0.5, 0.6) is 17.2 Å². The quantitative estimate of drug-likeness (QED) is 0.577. The van der Waals surface area contributed by atoms with Crippen molar-refractivity contribution in [3.05, 3.63) is 71.9 Å². The average Bonchev–Trinajstić information content (AvgIpc) is 2.68. The third-order valence-electron chi connectivity index (χ3n) is 3.56. The van der Waals surface area contributed by atoms with E-state index in [1.165, 1.54) is 24.4 Å². The molecule has 3 N–H and O–H groups in total.